The molecule has 0 amide bonds. The fourth-order valence-corrected chi connectivity index (χ4v) is 2.57. The molecule has 1 saturated carbocycles. The van der Waals surface area contributed by atoms with Gasteiger partial charge in [0.25, 0.3) is 5.56 Å². The first-order valence-electron chi connectivity index (χ1n) is 6.37. The van der Waals surface area contributed by atoms with Crippen LogP contribution in [0.25, 0.3) is 0 Å². The average Bonchev–Trinajstić information content (AvgIpc) is 2.29. The summed E-state index contributed by atoms with van der Waals surface area (Å²) >= 11 is 5.92. The SMILES string of the molecule is NS(=O)(=O)CCNc1c(Cl)cnn(CC2CCC2)c1=O. The lowest BCUT2D eigenvalue weighted by Crippen LogP contribution is -2.32. The number of primary sulfonamides is 1. The molecule has 0 aromatic carbocycles. The Hall–Kier alpha value is -1.12. The van der Waals surface area contributed by atoms with Crippen molar-refractivity contribution in [3.8, 4) is 0 Å². The third-order valence-electron chi connectivity index (χ3n) is 3.34. The number of halogens is 1. The molecule has 0 saturated heterocycles. The van der Waals surface area contributed by atoms with E-state index in [1.807, 2.05) is 0 Å². The van der Waals surface area contributed by atoms with Crippen LogP contribution >= 0.6 is 11.6 Å². The first kappa shape index (κ1) is 15.3. The summed E-state index contributed by atoms with van der Waals surface area (Å²) in [4.78, 5) is 12.2. The summed E-state index contributed by atoms with van der Waals surface area (Å²) in [6.45, 7) is 0.598. The van der Waals surface area contributed by atoms with E-state index < -0.39 is 10.0 Å². The van der Waals surface area contributed by atoms with Gasteiger partial charge in [-0.3, -0.25) is 4.79 Å². The lowest BCUT2D eigenvalue weighted by Gasteiger charge is -2.25. The van der Waals surface area contributed by atoms with Gasteiger partial charge in [-0.15, -0.1) is 0 Å². The Morgan fingerprint density at radius 3 is 2.75 bits per heavy atom. The van der Waals surface area contributed by atoms with E-state index >= 15 is 0 Å². The zero-order valence-corrected chi connectivity index (χ0v) is 12.5. The zero-order chi connectivity index (χ0) is 14.8. The van der Waals surface area contributed by atoms with Crippen molar-refractivity contribution in [3.63, 3.8) is 0 Å². The molecule has 7 nitrogen and oxygen atoms in total. The number of anilines is 1. The Labute approximate surface area is 122 Å². The van der Waals surface area contributed by atoms with Crippen LogP contribution in [0.15, 0.2) is 11.0 Å². The predicted molar refractivity (Wildman–Crippen MR) is 77.3 cm³/mol. The minimum Gasteiger partial charge on any atom is -0.378 e. The van der Waals surface area contributed by atoms with E-state index in [4.69, 9.17) is 16.7 Å². The third-order valence-corrected chi connectivity index (χ3v) is 4.40. The van der Waals surface area contributed by atoms with Crippen LogP contribution in [0.3, 0.4) is 0 Å². The lowest BCUT2D eigenvalue weighted by molar-refractivity contribution is 0.262. The molecule has 1 aromatic rings. The highest BCUT2D eigenvalue weighted by atomic mass is 35.5. The Morgan fingerprint density at radius 2 is 2.20 bits per heavy atom. The molecule has 0 radical (unpaired) electrons. The van der Waals surface area contributed by atoms with Gasteiger partial charge in [0, 0.05) is 13.1 Å². The molecule has 0 bridgehead atoms. The highest BCUT2D eigenvalue weighted by molar-refractivity contribution is 7.89. The number of nitrogens with two attached hydrogens (primary N) is 1. The van der Waals surface area contributed by atoms with Crippen LogP contribution in [0.1, 0.15) is 19.3 Å². The van der Waals surface area contributed by atoms with Crippen LogP contribution in [0.4, 0.5) is 5.69 Å². The quantitative estimate of drug-likeness (QED) is 0.788. The second-order valence-corrected chi connectivity index (χ2v) is 7.09. The standard InChI is InChI=1S/C11H17ClN4O3S/c12-9-6-15-16(7-8-2-1-3-8)11(17)10(9)14-4-5-20(13,18)19/h6,8,14H,1-5,7H2,(H2,13,18,19). The van der Waals surface area contributed by atoms with Gasteiger partial charge in [-0.2, -0.15) is 5.10 Å². The predicted octanol–water partition coefficient (Wildman–Crippen LogP) is 0.397. The molecule has 0 atom stereocenters. The number of rotatable bonds is 6. The highest BCUT2D eigenvalue weighted by Gasteiger charge is 2.20. The summed E-state index contributed by atoms with van der Waals surface area (Å²) < 4.78 is 23.1. The minimum atomic E-state index is -3.57. The van der Waals surface area contributed by atoms with Crippen LogP contribution in [0, 0.1) is 5.92 Å². The molecule has 112 valence electrons. The Kier molecular flexibility index (Phi) is 4.66. The van der Waals surface area contributed by atoms with Crippen molar-refractivity contribution < 1.29 is 8.42 Å². The van der Waals surface area contributed by atoms with E-state index in [0.717, 1.165) is 12.8 Å². The summed E-state index contributed by atoms with van der Waals surface area (Å²) in [5.41, 5.74) is -0.163. The van der Waals surface area contributed by atoms with E-state index in [0.29, 0.717) is 12.5 Å². The van der Waals surface area contributed by atoms with Crippen LogP contribution in [-0.4, -0.2) is 30.5 Å². The minimum absolute atomic E-state index is 0.0290. The first-order valence-corrected chi connectivity index (χ1v) is 8.46. The van der Waals surface area contributed by atoms with Crippen molar-refractivity contribution in [1.82, 2.24) is 9.78 Å². The monoisotopic (exact) mass is 320 g/mol. The molecule has 0 unspecified atom stereocenters. The second-order valence-electron chi connectivity index (χ2n) is 4.95. The summed E-state index contributed by atoms with van der Waals surface area (Å²) in [5.74, 6) is 0.215. The second kappa shape index (κ2) is 6.11. The molecule has 0 spiro atoms. The first-order chi connectivity index (χ1) is 9.37. The average molecular weight is 321 g/mol. The fraction of sp³-hybridized carbons (Fsp3) is 0.636. The number of aromatic nitrogens is 2. The van der Waals surface area contributed by atoms with E-state index in [2.05, 4.69) is 10.4 Å². The summed E-state index contributed by atoms with van der Waals surface area (Å²) in [6, 6.07) is 0. The maximum absolute atomic E-state index is 12.2. The molecule has 1 fully saturated rings. The molecular formula is C11H17ClN4O3S. The van der Waals surface area contributed by atoms with Gasteiger partial charge in [0.2, 0.25) is 10.0 Å². The van der Waals surface area contributed by atoms with Crippen molar-refractivity contribution in [2.75, 3.05) is 17.6 Å². The fourth-order valence-electron chi connectivity index (χ4n) is 2.00. The molecule has 1 aliphatic carbocycles. The largest absolute Gasteiger partial charge is 0.378 e. The van der Waals surface area contributed by atoms with Gasteiger partial charge in [0.05, 0.1) is 17.0 Å². The van der Waals surface area contributed by atoms with Crippen molar-refractivity contribution >= 4 is 27.3 Å². The van der Waals surface area contributed by atoms with E-state index in [1.54, 1.807) is 0 Å². The van der Waals surface area contributed by atoms with Crippen LogP contribution in [0.2, 0.25) is 5.02 Å². The number of nitrogens with one attached hydrogen (secondary N) is 1. The Bertz CT molecular complexity index is 640. The number of nitrogens with zero attached hydrogens (tertiary/aromatic N) is 2. The lowest BCUT2D eigenvalue weighted by atomic mass is 9.85. The van der Waals surface area contributed by atoms with Gasteiger partial charge in [0.15, 0.2) is 0 Å². The number of sulfonamides is 1. The summed E-state index contributed by atoms with van der Waals surface area (Å²) in [7, 11) is -3.57. The smallest absolute Gasteiger partial charge is 0.291 e. The van der Waals surface area contributed by atoms with Gasteiger partial charge in [-0.05, 0) is 18.8 Å². The van der Waals surface area contributed by atoms with Gasteiger partial charge in [-0.25, -0.2) is 18.2 Å². The van der Waals surface area contributed by atoms with Crippen molar-refractivity contribution in [3.05, 3.63) is 21.6 Å². The topological polar surface area (TPSA) is 107 Å². The van der Waals surface area contributed by atoms with E-state index in [-0.39, 0.29) is 28.6 Å². The molecule has 1 heterocycles. The van der Waals surface area contributed by atoms with Crippen molar-refractivity contribution in [1.29, 1.82) is 0 Å². The normalized spacial score (nSPS) is 15.9. The van der Waals surface area contributed by atoms with Crippen molar-refractivity contribution in [2.24, 2.45) is 11.1 Å². The molecule has 1 aromatic heterocycles. The summed E-state index contributed by atoms with van der Waals surface area (Å²) in [5, 5.41) is 11.8. The molecule has 3 N–H and O–H groups in total. The molecule has 20 heavy (non-hydrogen) atoms. The Balaban J connectivity index is 2.10. The molecule has 1 aliphatic rings. The van der Waals surface area contributed by atoms with Crippen LogP contribution < -0.4 is 16.0 Å². The van der Waals surface area contributed by atoms with Gasteiger partial charge in [0.1, 0.15) is 5.69 Å². The number of hydrogen-bond acceptors (Lipinski definition) is 5. The van der Waals surface area contributed by atoms with Gasteiger partial charge >= 0.3 is 0 Å². The molecular weight excluding hydrogens is 304 g/mol. The molecule has 2 rings (SSSR count). The van der Waals surface area contributed by atoms with E-state index in [1.165, 1.54) is 17.3 Å². The van der Waals surface area contributed by atoms with E-state index in [9.17, 15) is 13.2 Å². The summed E-state index contributed by atoms with van der Waals surface area (Å²) in [6.07, 6.45) is 4.78. The third kappa shape index (κ3) is 3.94. The van der Waals surface area contributed by atoms with Crippen LogP contribution in [-0.2, 0) is 16.6 Å². The Morgan fingerprint density at radius 1 is 1.50 bits per heavy atom. The maximum atomic E-state index is 12.2. The zero-order valence-electron chi connectivity index (χ0n) is 10.9. The maximum Gasteiger partial charge on any atom is 0.291 e. The van der Waals surface area contributed by atoms with Gasteiger partial charge < -0.3 is 5.32 Å². The highest BCUT2D eigenvalue weighted by Crippen LogP contribution is 2.27. The molecule has 9 heteroatoms. The van der Waals surface area contributed by atoms with Gasteiger partial charge in [-0.1, -0.05) is 18.0 Å². The van der Waals surface area contributed by atoms with Crippen molar-refractivity contribution in [2.45, 2.75) is 25.8 Å². The number of hydrogen-bond donors (Lipinski definition) is 2. The molecule has 0 aliphatic heterocycles. The van der Waals surface area contributed by atoms with Crippen LogP contribution in [0.5, 0.6) is 0 Å².